The molecule has 0 fully saturated rings. The number of amides is 3. The molecule has 1 aromatic heterocycles. The number of fused-ring (bicyclic) bond motifs is 1. The Hall–Kier alpha value is -2.67. The lowest BCUT2D eigenvalue weighted by Gasteiger charge is -2.24. The molecule has 0 unspecified atom stereocenters. The highest BCUT2D eigenvalue weighted by Gasteiger charge is 2.26. The van der Waals surface area contributed by atoms with Crippen LogP contribution in [0.5, 0.6) is 0 Å². The third-order valence-corrected chi connectivity index (χ3v) is 6.53. The van der Waals surface area contributed by atoms with Crippen molar-refractivity contribution in [2.45, 2.75) is 46.0 Å². The van der Waals surface area contributed by atoms with Crippen molar-refractivity contribution in [1.82, 2.24) is 4.90 Å². The normalized spacial score (nSPS) is 13.0. The van der Waals surface area contributed by atoms with Gasteiger partial charge in [0.2, 0.25) is 11.8 Å². The molecule has 7 heteroatoms. The molecule has 2 aromatic rings. The van der Waals surface area contributed by atoms with Crippen LogP contribution in [0.15, 0.2) is 30.3 Å². The Balaban J connectivity index is 1.72. The highest BCUT2D eigenvalue weighted by Crippen LogP contribution is 2.37. The van der Waals surface area contributed by atoms with Gasteiger partial charge in [-0.1, -0.05) is 44.2 Å². The molecule has 3 N–H and O–H groups in total. The van der Waals surface area contributed by atoms with E-state index in [1.807, 2.05) is 44.2 Å². The number of nitrogens with two attached hydrogens (primary N) is 1. The van der Waals surface area contributed by atoms with Gasteiger partial charge in [0.05, 0.1) is 12.1 Å². The lowest BCUT2D eigenvalue weighted by Crippen LogP contribution is -2.41. The van der Waals surface area contributed by atoms with Gasteiger partial charge in [-0.25, -0.2) is 0 Å². The molecule has 30 heavy (non-hydrogen) atoms. The lowest BCUT2D eigenvalue weighted by molar-refractivity contribution is -0.137. The molecular formula is C23H29N3O3S. The summed E-state index contributed by atoms with van der Waals surface area (Å²) in [5, 5.41) is 3.37. The summed E-state index contributed by atoms with van der Waals surface area (Å²) in [6.45, 7) is 4.06. The summed E-state index contributed by atoms with van der Waals surface area (Å²) in [5.41, 5.74) is 8.14. The fourth-order valence-corrected chi connectivity index (χ4v) is 5.11. The van der Waals surface area contributed by atoms with Crippen molar-refractivity contribution < 1.29 is 14.4 Å². The Bertz CT molecular complexity index is 921. The Morgan fingerprint density at radius 3 is 2.50 bits per heavy atom. The molecule has 0 saturated carbocycles. The number of carbonyl (C=O) groups excluding carboxylic acids is 3. The minimum atomic E-state index is -0.510. The number of nitrogens with one attached hydrogen (secondary N) is 1. The topological polar surface area (TPSA) is 92.5 Å². The summed E-state index contributed by atoms with van der Waals surface area (Å²) in [4.78, 5) is 40.2. The molecule has 1 heterocycles. The summed E-state index contributed by atoms with van der Waals surface area (Å²) in [5.74, 6) is -1.09. The van der Waals surface area contributed by atoms with E-state index in [4.69, 9.17) is 5.73 Å². The van der Waals surface area contributed by atoms with Crippen molar-refractivity contribution in [2.24, 2.45) is 11.7 Å². The van der Waals surface area contributed by atoms with Gasteiger partial charge in [-0.05, 0) is 43.2 Å². The average Bonchev–Trinajstić information content (AvgIpc) is 3.09. The SMILES string of the molecule is CC(C)C(=O)N(CCc1ccccc1)CC(=O)Nc1sc2c(c1C(N)=O)CCCC2. The number of primary amides is 1. The minimum absolute atomic E-state index is 0.0510. The van der Waals surface area contributed by atoms with E-state index in [2.05, 4.69) is 5.32 Å². The van der Waals surface area contributed by atoms with Gasteiger partial charge in [-0.3, -0.25) is 14.4 Å². The first-order valence-electron chi connectivity index (χ1n) is 10.4. The van der Waals surface area contributed by atoms with Crippen LogP contribution in [0, 0.1) is 5.92 Å². The molecule has 0 bridgehead atoms. The monoisotopic (exact) mass is 427 g/mol. The molecule has 0 atom stereocenters. The van der Waals surface area contributed by atoms with Gasteiger partial charge in [0.25, 0.3) is 5.91 Å². The Labute approximate surface area is 181 Å². The van der Waals surface area contributed by atoms with Crippen molar-refractivity contribution in [3.05, 3.63) is 51.9 Å². The molecular weight excluding hydrogens is 398 g/mol. The second-order valence-electron chi connectivity index (χ2n) is 7.98. The summed E-state index contributed by atoms with van der Waals surface area (Å²) in [6, 6.07) is 9.88. The fourth-order valence-electron chi connectivity index (χ4n) is 3.80. The predicted octanol–water partition coefficient (Wildman–Crippen LogP) is 3.39. The zero-order valence-electron chi connectivity index (χ0n) is 17.6. The maximum absolute atomic E-state index is 12.8. The van der Waals surface area contributed by atoms with Crippen LogP contribution in [-0.2, 0) is 28.9 Å². The number of aryl methyl sites for hydroxylation is 1. The minimum Gasteiger partial charge on any atom is -0.365 e. The second kappa shape index (κ2) is 9.89. The molecule has 1 aliphatic carbocycles. The van der Waals surface area contributed by atoms with Crippen LogP contribution in [-0.4, -0.2) is 35.7 Å². The lowest BCUT2D eigenvalue weighted by atomic mass is 9.95. The number of carbonyl (C=O) groups is 3. The first-order valence-corrected chi connectivity index (χ1v) is 11.3. The van der Waals surface area contributed by atoms with Crippen LogP contribution in [0.25, 0.3) is 0 Å². The van der Waals surface area contributed by atoms with Gasteiger partial charge in [0.1, 0.15) is 5.00 Å². The first-order chi connectivity index (χ1) is 14.4. The zero-order valence-corrected chi connectivity index (χ0v) is 18.4. The number of nitrogens with zero attached hydrogens (tertiary/aromatic N) is 1. The van der Waals surface area contributed by atoms with Gasteiger partial charge >= 0.3 is 0 Å². The van der Waals surface area contributed by atoms with E-state index in [1.54, 1.807) is 4.90 Å². The number of thiophene rings is 1. The van der Waals surface area contributed by atoms with Gasteiger partial charge in [0.15, 0.2) is 0 Å². The van der Waals surface area contributed by atoms with Crippen LogP contribution in [0.2, 0.25) is 0 Å². The van der Waals surface area contributed by atoms with Crippen molar-refractivity contribution in [2.75, 3.05) is 18.4 Å². The van der Waals surface area contributed by atoms with E-state index in [-0.39, 0.29) is 24.3 Å². The number of anilines is 1. The number of rotatable bonds is 8. The second-order valence-corrected chi connectivity index (χ2v) is 9.08. The van der Waals surface area contributed by atoms with Crippen LogP contribution in [0.3, 0.4) is 0 Å². The number of hydrogen-bond acceptors (Lipinski definition) is 4. The Morgan fingerprint density at radius 1 is 1.13 bits per heavy atom. The number of benzene rings is 1. The fraction of sp³-hybridized carbons (Fsp3) is 0.435. The molecule has 3 amide bonds. The van der Waals surface area contributed by atoms with E-state index in [9.17, 15) is 14.4 Å². The third kappa shape index (κ3) is 5.27. The summed E-state index contributed by atoms with van der Waals surface area (Å²) < 4.78 is 0. The highest BCUT2D eigenvalue weighted by atomic mass is 32.1. The molecule has 1 aromatic carbocycles. The molecule has 0 saturated heterocycles. The van der Waals surface area contributed by atoms with Gasteiger partial charge in [0, 0.05) is 17.3 Å². The first kappa shape index (κ1) is 22.0. The van der Waals surface area contributed by atoms with E-state index in [0.29, 0.717) is 23.5 Å². The standard InChI is InChI=1S/C23H29N3O3S/c1-15(2)23(29)26(13-12-16-8-4-3-5-9-16)14-19(27)25-22-20(21(24)28)17-10-6-7-11-18(17)30-22/h3-5,8-9,15H,6-7,10-14H2,1-2H3,(H2,24,28)(H,25,27). The molecule has 0 aliphatic heterocycles. The van der Waals surface area contributed by atoms with Gasteiger partial charge < -0.3 is 16.0 Å². The van der Waals surface area contributed by atoms with Crippen molar-refractivity contribution in [1.29, 1.82) is 0 Å². The molecule has 0 spiro atoms. The molecule has 6 nitrogen and oxygen atoms in total. The van der Waals surface area contributed by atoms with E-state index in [0.717, 1.165) is 41.7 Å². The van der Waals surface area contributed by atoms with Crippen LogP contribution in [0.1, 0.15) is 53.1 Å². The molecule has 160 valence electrons. The molecule has 0 radical (unpaired) electrons. The van der Waals surface area contributed by atoms with Crippen molar-refractivity contribution >= 4 is 34.1 Å². The zero-order chi connectivity index (χ0) is 21.7. The van der Waals surface area contributed by atoms with Crippen molar-refractivity contribution in [3.8, 4) is 0 Å². The Kier molecular flexibility index (Phi) is 7.26. The van der Waals surface area contributed by atoms with Gasteiger partial charge in [-0.15, -0.1) is 11.3 Å². The van der Waals surface area contributed by atoms with Gasteiger partial charge in [-0.2, -0.15) is 0 Å². The smallest absolute Gasteiger partial charge is 0.251 e. The van der Waals surface area contributed by atoms with Crippen LogP contribution in [0.4, 0.5) is 5.00 Å². The average molecular weight is 428 g/mol. The summed E-state index contributed by atoms with van der Waals surface area (Å²) in [7, 11) is 0. The largest absolute Gasteiger partial charge is 0.365 e. The van der Waals surface area contributed by atoms with Crippen LogP contribution >= 0.6 is 11.3 Å². The highest BCUT2D eigenvalue weighted by molar-refractivity contribution is 7.17. The summed E-state index contributed by atoms with van der Waals surface area (Å²) in [6.07, 6.45) is 4.50. The quantitative estimate of drug-likeness (QED) is 0.676. The molecule has 1 aliphatic rings. The maximum atomic E-state index is 12.8. The third-order valence-electron chi connectivity index (χ3n) is 5.32. The predicted molar refractivity (Wildman–Crippen MR) is 120 cm³/mol. The Morgan fingerprint density at radius 2 is 1.83 bits per heavy atom. The van der Waals surface area contributed by atoms with E-state index >= 15 is 0 Å². The van der Waals surface area contributed by atoms with Crippen LogP contribution < -0.4 is 11.1 Å². The van der Waals surface area contributed by atoms with E-state index < -0.39 is 5.91 Å². The number of hydrogen-bond donors (Lipinski definition) is 2. The molecule has 3 rings (SSSR count). The maximum Gasteiger partial charge on any atom is 0.251 e. The van der Waals surface area contributed by atoms with E-state index in [1.165, 1.54) is 11.3 Å². The summed E-state index contributed by atoms with van der Waals surface area (Å²) >= 11 is 1.43. The van der Waals surface area contributed by atoms with Crippen molar-refractivity contribution in [3.63, 3.8) is 0 Å².